The molecule has 0 bridgehead atoms. The van der Waals surface area contributed by atoms with Crippen LogP contribution < -0.4 is 0 Å². The van der Waals surface area contributed by atoms with Gasteiger partial charge in [0.15, 0.2) is 11.6 Å². The van der Waals surface area contributed by atoms with E-state index >= 15 is 0 Å². The van der Waals surface area contributed by atoms with Crippen LogP contribution in [0.1, 0.15) is 36.0 Å². The molecule has 0 aromatic heterocycles. The predicted octanol–water partition coefficient (Wildman–Crippen LogP) is 3.44. The zero-order valence-corrected chi connectivity index (χ0v) is 13.4. The van der Waals surface area contributed by atoms with E-state index in [0.717, 1.165) is 25.0 Å². The lowest BCUT2D eigenvalue weighted by molar-refractivity contribution is -0.137. The van der Waals surface area contributed by atoms with Gasteiger partial charge in [-0.2, -0.15) is 0 Å². The zero-order valence-electron chi connectivity index (χ0n) is 11.8. The van der Waals surface area contributed by atoms with Crippen molar-refractivity contribution in [2.45, 2.75) is 25.7 Å². The Morgan fingerprint density at radius 2 is 2.00 bits per heavy atom. The Hall–Kier alpha value is -1.50. The summed E-state index contributed by atoms with van der Waals surface area (Å²) in [6.45, 7) is 0.978. The van der Waals surface area contributed by atoms with Gasteiger partial charge in [-0.1, -0.05) is 0 Å². The van der Waals surface area contributed by atoms with Gasteiger partial charge in [0, 0.05) is 24.0 Å². The van der Waals surface area contributed by atoms with Gasteiger partial charge in [0.1, 0.15) is 0 Å². The van der Waals surface area contributed by atoms with Crippen molar-refractivity contribution in [3.63, 3.8) is 0 Å². The van der Waals surface area contributed by atoms with Crippen molar-refractivity contribution in [2.24, 2.45) is 5.92 Å². The molecule has 1 amide bonds. The normalized spacial score (nSPS) is 18.3. The summed E-state index contributed by atoms with van der Waals surface area (Å²) in [6.07, 6.45) is 2.23. The fourth-order valence-electron chi connectivity index (χ4n) is 2.67. The molecule has 1 atom stereocenters. The minimum atomic E-state index is -1.06. The van der Waals surface area contributed by atoms with Crippen LogP contribution in [-0.4, -0.2) is 35.0 Å². The van der Waals surface area contributed by atoms with Crippen molar-refractivity contribution in [1.29, 1.82) is 0 Å². The average Bonchev–Trinajstić information content (AvgIpc) is 2.48. The molecule has 7 heteroatoms. The van der Waals surface area contributed by atoms with Crippen LogP contribution in [0.5, 0.6) is 0 Å². The summed E-state index contributed by atoms with van der Waals surface area (Å²) in [5.41, 5.74) is 0.0813. The highest BCUT2D eigenvalue weighted by molar-refractivity contribution is 9.10. The number of hydrogen-bond donors (Lipinski definition) is 1. The fraction of sp³-hybridized carbons (Fsp3) is 0.467. The summed E-state index contributed by atoms with van der Waals surface area (Å²) in [5, 5.41) is 8.73. The topological polar surface area (TPSA) is 57.6 Å². The van der Waals surface area contributed by atoms with E-state index in [2.05, 4.69) is 15.9 Å². The number of aliphatic carboxylic acids is 1. The van der Waals surface area contributed by atoms with E-state index in [0.29, 0.717) is 19.5 Å². The molecule has 0 aliphatic carbocycles. The molecule has 120 valence electrons. The van der Waals surface area contributed by atoms with Gasteiger partial charge < -0.3 is 10.0 Å². The number of carboxylic acids is 1. The van der Waals surface area contributed by atoms with Crippen molar-refractivity contribution >= 4 is 27.8 Å². The second-order valence-corrected chi connectivity index (χ2v) is 6.29. The van der Waals surface area contributed by atoms with Crippen LogP contribution >= 0.6 is 15.9 Å². The van der Waals surface area contributed by atoms with Crippen LogP contribution in [-0.2, 0) is 4.79 Å². The number of carbonyl (C=O) groups excluding carboxylic acids is 1. The number of benzene rings is 1. The molecule has 1 aromatic rings. The van der Waals surface area contributed by atoms with Crippen LogP contribution in [0.4, 0.5) is 8.78 Å². The van der Waals surface area contributed by atoms with Gasteiger partial charge in [0.2, 0.25) is 0 Å². The number of piperidine rings is 1. The number of likely N-dealkylation sites (tertiary alicyclic amines) is 1. The number of nitrogens with zero attached hydrogens (tertiary/aromatic N) is 1. The molecule has 1 N–H and O–H groups in total. The molecule has 1 heterocycles. The lowest BCUT2D eigenvalue weighted by Crippen LogP contribution is -2.40. The number of carboxylic acid groups (broad SMARTS) is 1. The second-order valence-electron chi connectivity index (χ2n) is 5.44. The van der Waals surface area contributed by atoms with Gasteiger partial charge in [-0.25, -0.2) is 8.78 Å². The van der Waals surface area contributed by atoms with Crippen molar-refractivity contribution in [3.05, 3.63) is 33.8 Å². The quantitative estimate of drug-likeness (QED) is 0.820. The molecule has 0 radical (unpaired) electrons. The Morgan fingerprint density at radius 1 is 1.32 bits per heavy atom. The highest BCUT2D eigenvalue weighted by atomic mass is 79.9. The Bertz CT molecular complexity index is 594. The molecule has 1 aromatic carbocycles. The summed E-state index contributed by atoms with van der Waals surface area (Å²) in [7, 11) is 0. The van der Waals surface area contributed by atoms with Crippen molar-refractivity contribution in [2.75, 3.05) is 13.1 Å². The van der Waals surface area contributed by atoms with Gasteiger partial charge in [-0.05, 0) is 53.2 Å². The number of rotatable bonds is 4. The molecule has 4 nitrogen and oxygen atoms in total. The summed E-state index contributed by atoms with van der Waals surface area (Å²) in [6, 6.07) is 1.83. The van der Waals surface area contributed by atoms with Gasteiger partial charge in [-0.15, -0.1) is 0 Å². The molecule has 2 rings (SSSR count). The van der Waals surface area contributed by atoms with E-state index in [1.807, 2.05) is 0 Å². The zero-order chi connectivity index (χ0) is 16.3. The second kappa shape index (κ2) is 7.17. The van der Waals surface area contributed by atoms with Crippen LogP contribution in [0.3, 0.4) is 0 Å². The van der Waals surface area contributed by atoms with Gasteiger partial charge in [0.05, 0.1) is 5.56 Å². The third-order valence-electron chi connectivity index (χ3n) is 3.81. The van der Waals surface area contributed by atoms with E-state index in [4.69, 9.17) is 5.11 Å². The third kappa shape index (κ3) is 4.03. The molecule has 1 fully saturated rings. The Kier molecular flexibility index (Phi) is 5.50. The largest absolute Gasteiger partial charge is 0.481 e. The summed E-state index contributed by atoms with van der Waals surface area (Å²) in [4.78, 5) is 24.7. The van der Waals surface area contributed by atoms with Crippen LogP contribution in [0.25, 0.3) is 0 Å². The van der Waals surface area contributed by atoms with E-state index in [-0.39, 0.29) is 28.3 Å². The van der Waals surface area contributed by atoms with Crippen LogP contribution in [0, 0.1) is 17.6 Å². The van der Waals surface area contributed by atoms with Crippen molar-refractivity contribution in [1.82, 2.24) is 4.90 Å². The first-order valence-corrected chi connectivity index (χ1v) is 7.83. The number of hydrogen-bond acceptors (Lipinski definition) is 2. The van der Waals surface area contributed by atoms with Crippen molar-refractivity contribution < 1.29 is 23.5 Å². The number of halogens is 3. The lowest BCUT2D eigenvalue weighted by atomic mass is 9.93. The molecule has 1 aliphatic rings. The Balaban J connectivity index is 2.09. The minimum Gasteiger partial charge on any atom is -0.481 e. The maximum Gasteiger partial charge on any atom is 0.303 e. The van der Waals surface area contributed by atoms with Crippen LogP contribution in [0.15, 0.2) is 16.6 Å². The maximum atomic E-state index is 13.3. The first-order valence-electron chi connectivity index (χ1n) is 7.04. The average molecular weight is 376 g/mol. The SMILES string of the molecule is O=C(O)CCC1CCCN(C(=O)c2cc(F)c(F)cc2Br)C1. The van der Waals surface area contributed by atoms with E-state index in [1.165, 1.54) is 0 Å². The first-order chi connectivity index (χ1) is 10.4. The highest BCUT2D eigenvalue weighted by Gasteiger charge is 2.26. The molecular formula is C15H16BrF2NO3. The predicted molar refractivity (Wildman–Crippen MR) is 79.6 cm³/mol. The highest BCUT2D eigenvalue weighted by Crippen LogP contribution is 2.26. The molecule has 22 heavy (non-hydrogen) atoms. The number of carbonyl (C=O) groups is 2. The maximum absolute atomic E-state index is 13.3. The summed E-state index contributed by atoms with van der Waals surface area (Å²) < 4.78 is 26.7. The third-order valence-corrected chi connectivity index (χ3v) is 4.47. The molecule has 0 spiro atoms. The van der Waals surface area contributed by atoms with E-state index in [1.54, 1.807) is 4.90 Å². The monoisotopic (exact) mass is 375 g/mol. The van der Waals surface area contributed by atoms with Crippen molar-refractivity contribution in [3.8, 4) is 0 Å². The summed E-state index contributed by atoms with van der Waals surface area (Å²) >= 11 is 3.08. The molecular weight excluding hydrogens is 360 g/mol. The van der Waals surface area contributed by atoms with E-state index in [9.17, 15) is 18.4 Å². The molecule has 0 saturated carbocycles. The fourth-order valence-corrected chi connectivity index (χ4v) is 3.15. The lowest BCUT2D eigenvalue weighted by Gasteiger charge is -2.33. The Morgan fingerprint density at radius 3 is 2.68 bits per heavy atom. The van der Waals surface area contributed by atoms with Gasteiger partial charge in [0.25, 0.3) is 5.91 Å². The standard InChI is InChI=1S/C15H16BrF2NO3/c16-11-7-13(18)12(17)6-10(11)15(22)19-5-1-2-9(8-19)3-4-14(20)21/h6-7,9H,1-5,8H2,(H,20,21). The van der Waals surface area contributed by atoms with Gasteiger partial charge in [-0.3, -0.25) is 9.59 Å². The molecule has 1 aliphatic heterocycles. The smallest absolute Gasteiger partial charge is 0.303 e. The van der Waals surface area contributed by atoms with Crippen LogP contribution in [0.2, 0.25) is 0 Å². The Labute approximate surface area is 135 Å². The number of amides is 1. The van der Waals surface area contributed by atoms with Gasteiger partial charge >= 0.3 is 5.97 Å². The molecule has 1 saturated heterocycles. The van der Waals surface area contributed by atoms with E-state index < -0.39 is 17.6 Å². The minimum absolute atomic E-state index is 0.0710. The first kappa shape index (κ1) is 16.9. The summed E-state index contributed by atoms with van der Waals surface area (Å²) in [5.74, 6) is -3.18. The molecule has 1 unspecified atom stereocenters.